The molecule has 0 aliphatic heterocycles. The molecule has 10 heteroatoms. The number of benzene rings is 1. The number of hydrogen-bond donors (Lipinski definition) is 0. The largest absolute Gasteiger partial charge is 0.534 e. The van der Waals surface area contributed by atoms with Crippen LogP contribution in [0.4, 0.5) is 13.2 Å². The zero-order valence-corrected chi connectivity index (χ0v) is 12.6. The summed E-state index contributed by atoms with van der Waals surface area (Å²) in [6.07, 6.45) is 0. The lowest BCUT2D eigenvalue weighted by Crippen LogP contribution is -2.28. The molecule has 1 aromatic rings. The van der Waals surface area contributed by atoms with Gasteiger partial charge in [-0.05, 0) is 22.6 Å². The van der Waals surface area contributed by atoms with Crippen molar-refractivity contribution in [3.05, 3.63) is 15.7 Å². The Morgan fingerprint density at radius 3 is 2.05 bits per heavy atom. The van der Waals surface area contributed by atoms with E-state index in [0.29, 0.717) is 0 Å². The lowest BCUT2D eigenvalue weighted by Gasteiger charge is -2.14. The molecule has 0 amide bonds. The number of alkyl halides is 3. The monoisotopic (exact) mass is 412 g/mol. The summed E-state index contributed by atoms with van der Waals surface area (Å²) in [7, 11) is -3.19. The molecule has 0 unspecified atom stereocenters. The van der Waals surface area contributed by atoms with Gasteiger partial charge >= 0.3 is 15.6 Å². The maximum atomic E-state index is 12.2. The first kappa shape index (κ1) is 16.1. The number of ether oxygens (including phenoxy) is 2. The zero-order valence-electron chi connectivity index (χ0n) is 9.62. The molecule has 108 valence electrons. The van der Waals surface area contributed by atoms with Gasteiger partial charge in [-0.2, -0.15) is 21.6 Å². The maximum Gasteiger partial charge on any atom is 0.534 e. The number of hydrogen-bond acceptors (Lipinski definition) is 5. The highest BCUT2D eigenvalue weighted by molar-refractivity contribution is 14.1. The van der Waals surface area contributed by atoms with Crippen molar-refractivity contribution in [1.82, 2.24) is 0 Å². The van der Waals surface area contributed by atoms with Gasteiger partial charge in [-0.15, -0.1) is 0 Å². The lowest BCUT2D eigenvalue weighted by molar-refractivity contribution is -0.0500. The molecule has 0 radical (unpaired) electrons. The van der Waals surface area contributed by atoms with Crippen LogP contribution in [0, 0.1) is 3.57 Å². The van der Waals surface area contributed by atoms with Crippen LogP contribution in [0.5, 0.6) is 17.2 Å². The van der Waals surface area contributed by atoms with Gasteiger partial charge in [-0.1, -0.05) is 0 Å². The van der Waals surface area contributed by atoms with E-state index < -0.39 is 21.4 Å². The Bertz CT molecular complexity index is 570. The van der Waals surface area contributed by atoms with Crippen molar-refractivity contribution in [2.45, 2.75) is 5.51 Å². The zero-order chi connectivity index (χ0) is 14.8. The highest BCUT2D eigenvalue weighted by atomic mass is 127. The van der Waals surface area contributed by atoms with Gasteiger partial charge in [0, 0.05) is 12.1 Å². The normalized spacial score (nSPS) is 12.1. The first-order chi connectivity index (χ1) is 8.62. The molecule has 0 aromatic heterocycles. The second-order valence-electron chi connectivity index (χ2n) is 3.12. The van der Waals surface area contributed by atoms with Gasteiger partial charge in [0.2, 0.25) is 0 Å². The molecule has 0 aliphatic rings. The van der Waals surface area contributed by atoms with Gasteiger partial charge in [0.05, 0.1) is 17.8 Å². The van der Waals surface area contributed by atoms with E-state index in [0.717, 1.165) is 6.07 Å². The minimum absolute atomic E-state index is 0.0775. The molecule has 0 spiro atoms. The Labute approximate surface area is 120 Å². The molecule has 1 aromatic carbocycles. The predicted molar refractivity (Wildman–Crippen MR) is 67.9 cm³/mol. The van der Waals surface area contributed by atoms with Crippen LogP contribution in [-0.2, 0) is 10.1 Å². The lowest BCUT2D eigenvalue weighted by atomic mass is 10.3. The third-order valence-electron chi connectivity index (χ3n) is 1.92. The first-order valence-electron chi connectivity index (χ1n) is 4.54. The molecule has 0 saturated heterocycles. The fourth-order valence-electron chi connectivity index (χ4n) is 1.04. The van der Waals surface area contributed by atoms with Gasteiger partial charge in [-0.3, -0.25) is 0 Å². The second kappa shape index (κ2) is 5.61. The van der Waals surface area contributed by atoms with Crippen molar-refractivity contribution in [1.29, 1.82) is 0 Å². The Hall–Kier alpha value is -0.910. The molecule has 1 rings (SSSR count). The molecule has 0 saturated carbocycles. The van der Waals surface area contributed by atoms with E-state index in [1.54, 1.807) is 22.6 Å². The van der Waals surface area contributed by atoms with E-state index in [9.17, 15) is 21.6 Å². The summed E-state index contributed by atoms with van der Waals surface area (Å²) < 4.78 is 72.4. The highest BCUT2D eigenvalue weighted by Gasteiger charge is 2.49. The Kier molecular flexibility index (Phi) is 4.76. The number of rotatable bonds is 4. The van der Waals surface area contributed by atoms with Crippen molar-refractivity contribution in [2.75, 3.05) is 14.2 Å². The predicted octanol–water partition coefficient (Wildman–Crippen LogP) is 2.54. The van der Waals surface area contributed by atoms with Gasteiger partial charge in [-0.25, -0.2) is 0 Å². The summed E-state index contributed by atoms with van der Waals surface area (Å²) in [6, 6.07) is 2.41. The molecule has 19 heavy (non-hydrogen) atoms. The summed E-state index contributed by atoms with van der Waals surface area (Å²) in [4.78, 5) is 0. The average Bonchev–Trinajstić information content (AvgIpc) is 2.30. The van der Waals surface area contributed by atoms with Crippen molar-refractivity contribution in [3.8, 4) is 17.2 Å². The third-order valence-corrected chi connectivity index (χ3v) is 3.95. The maximum absolute atomic E-state index is 12.2. The van der Waals surface area contributed by atoms with E-state index in [4.69, 9.17) is 9.47 Å². The van der Waals surface area contributed by atoms with Gasteiger partial charge in [0.1, 0.15) is 11.5 Å². The molecule has 0 aliphatic carbocycles. The second-order valence-corrected chi connectivity index (χ2v) is 5.74. The SMILES string of the molecule is COc1cc(OC)c(I)c(OS(=O)(=O)C(F)(F)F)c1. The van der Waals surface area contributed by atoms with Crippen molar-refractivity contribution < 1.29 is 35.2 Å². The quantitative estimate of drug-likeness (QED) is 0.432. The summed E-state index contributed by atoms with van der Waals surface area (Å²) in [5.41, 5.74) is -5.51. The van der Waals surface area contributed by atoms with E-state index in [2.05, 4.69) is 4.18 Å². The first-order valence-corrected chi connectivity index (χ1v) is 7.03. The molecular weight excluding hydrogens is 404 g/mol. The smallest absolute Gasteiger partial charge is 0.496 e. The van der Waals surface area contributed by atoms with Crippen molar-refractivity contribution in [3.63, 3.8) is 0 Å². The van der Waals surface area contributed by atoms with Crippen LogP contribution in [0.3, 0.4) is 0 Å². The topological polar surface area (TPSA) is 61.8 Å². The van der Waals surface area contributed by atoms with Crippen molar-refractivity contribution >= 4 is 32.7 Å². The molecular formula is C9H8F3IO5S. The Morgan fingerprint density at radius 1 is 1.11 bits per heavy atom. The standard InChI is InChI=1S/C9H8F3IO5S/c1-16-5-3-6(17-2)8(13)7(4-5)18-19(14,15)9(10,11)12/h3-4H,1-2H3. The van der Waals surface area contributed by atoms with Gasteiger partial charge in [0.15, 0.2) is 5.75 Å². The molecule has 0 bridgehead atoms. The number of halogens is 4. The number of methoxy groups -OCH3 is 2. The van der Waals surface area contributed by atoms with Gasteiger partial charge in [0.25, 0.3) is 0 Å². The summed E-state index contributed by atoms with van der Waals surface area (Å²) in [5.74, 6) is -0.286. The van der Waals surface area contributed by atoms with Crippen LogP contribution in [0.1, 0.15) is 0 Å². The molecule has 0 atom stereocenters. The van der Waals surface area contributed by atoms with Crippen LogP contribution in [0.2, 0.25) is 0 Å². The fourth-order valence-corrected chi connectivity index (χ4v) is 2.29. The van der Waals surface area contributed by atoms with Gasteiger partial charge < -0.3 is 13.7 Å². The average molecular weight is 412 g/mol. The Balaban J connectivity index is 3.29. The molecule has 0 heterocycles. The Morgan fingerprint density at radius 2 is 1.63 bits per heavy atom. The van der Waals surface area contributed by atoms with E-state index in [-0.39, 0.29) is 15.1 Å². The third kappa shape index (κ3) is 3.55. The highest BCUT2D eigenvalue weighted by Crippen LogP contribution is 2.37. The van der Waals surface area contributed by atoms with Crippen molar-refractivity contribution in [2.24, 2.45) is 0 Å². The van der Waals surface area contributed by atoms with Crippen LogP contribution in [-0.4, -0.2) is 28.1 Å². The van der Waals surface area contributed by atoms with E-state index >= 15 is 0 Å². The van der Waals surface area contributed by atoms with E-state index in [1.165, 1.54) is 20.3 Å². The van der Waals surface area contributed by atoms with Crippen LogP contribution in [0.15, 0.2) is 12.1 Å². The fraction of sp³-hybridized carbons (Fsp3) is 0.333. The molecule has 5 nitrogen and oxygen atoms in total. The minimum Gasteiger partial charge on any atom is -0.496 e. The minimum atomic E-state index is -5.74. The molecule has 0 N–H and O–H groups in total. The summed E-state index contributed by atoms with van der Waals surface area (Å²) in [5, 5.41) is 0. The van der Waals surface area contributed by atoms with Crippen LogP contribution >= 0.6 is 22.6 Å². The summed E-state index contributed by atoms with van der Waals surface area (Å²) >= 11 is 1.60. The van der Waals surface area contributed by atoms with Crippen LogP contribution < -0.4 is 13.7 Å². The van der Waals surface area contributed by atoms with E-state index in [1.807, 2.05) is 0 Å². The summed E-state index contributed by atoms with van der Waals surface area (Å²) in [6.45, 7) is 0. The molecule has 0 fully saturated rings. The van der Waals surface area contributed by atoms with Crippen LogP contribution in [0.25, 0.3) is 0 Å².